The maximum Gasteiger partial charge on any atom is 0.233 e. The summed E-state index contributed by atoms with van der Waals surface area (Å²) in [4.78, 5) is 11.5. The maximum atomic E-state index is 11.5. The molecule has 0 saturated carbocycles. The Kier molecular flexibility index (Phi) is 5.96. The van der Waals surface area contributed by atoms with Gasteiger partial charge in [-0.2, -0.15) is 0 Å². The van der Waals surface area contributed by atoms with Gasteiger partial charge in [0.05, 0.1) is 11.8 Å². The lowest BCUT2D eigenvalue weighted by Crippen LogP contribution is -2.31. The average molecular weight is 268 g/mol. The van der Waals surface area contributed by atoms with Gasteiger partial charge in [-0.25, -0.2) is 0 Å². The minimum absolute atomic E-state index is 0.0324. The highest BCUT2D eigenvalue weighted by atomic mass is 35.5. The molecular weight excluding hydrogens is 254 g/mol. The van der Waals surface area contributed by atoms with Crippen molar-refractivity contribution in [3.05, 3.63) is 34.9 Å². The summed E-state index contributed by atoms with van der Waals surface area (Å²) in [5.74, 6) is 3.10. The number of halogens is 1. The van der Waals surface area contributed by atoms with Crippen molar-refractivity contribution in [2.24, 2.45) is 0 Å². The zero-order valence-electron chi connectivity index (χ0n) is 9.57. The lowest BCUT2D eigenvalue weighted by Gasteiger charge is -2.10. The van der Waals surface area contributed by atoms with Gasteiger partial charge in [0.25, 0.3) is 0 Å². The van der Waals surface area contributed by atoms with Crippen molar-refractivity contribution in [1.82, 2.24) is 5.32 Å². The summed E-state index contributed by atoms with van der Waals surface area (Å²) in [5.41, 5.74) is 1.11. The summed E-state index contributed by atoms with van der Waals surface area (Å²) < 4.78 is 0. The number of amides is 1. The van der Waals surface area contributed by atoms with Crippen LogP contribution < -0.4 is 5.32 Å². The second-order valence-electron chi connectivity index (χ2n) is 3.51. The third-order valence-electron chi connectivity index (χ3n) is 2.12. The SMILES string of the molecule is C#CCNC(=O)C(C)SCc1cccc(Cl)c1. The van der Waals surface area contributed by atoms with Gasteiger partial charge in [0.2, 0.25) is 5.91 Å². The van der Waals surface area contributed by atoms with Crippen LogP contribution in [0.5, 0.6) is 0 Å². The van der Waals surface area contributed by atoms with E-state index in [1.165, 1.54) is 0 Å². The fraction of sp³-hybridized carbons (Fsp3) is 0.308. The summed E-state index contributed by atoms with van der Waals surface area (Å²) >= 11 is 7.44. The van der Waals surface area contributed by atoms with Crippen LogP contribution in [0.15, 0.2) is 24.3 Å². The Balaban J connectivity index is 2.40. The Labute approximate surface area is 111 Å². The second-order valence-corrected chi connectivity index (χ2v) is 5.27. The molecule has 1 rings (SSSR count). The summed E-state index contributed by atoms with van der Waals surface area (Å²) in [6.45, 7) is 2.14. The quantitative estimate of drug-likeness (QED) is 0.831. The van der Waals surface area contributed by atoms with E-state index in [9.17, 15) is 4.79 Å². The Morgan fingerprint density at radius 3 is 3.06 bits per heavy atom. The molecule has 0 spiro atoms. The van der Waals surface area contributed by atoms with Gasteiger partial charge in [-0.05, 0) is 24.6 Å². The van der Waals surface area contributed by atoms with Gasteiger partial charge in [0.1, 0.15) is 0 Å². The van der Waals surface area contributed by atoms with E-state index in [-0.39, 0.29) is 17.7 Å². The van der Waals surface area contributed by atoms with Crippen molar-refractivity contribution in [3.63, 3.8) is 0 Å². The van der Waals surface area contributed by atoms with Crippen molar-refractivity contribution in [1.29, 1.82) is 0 Å². The van der Waals surface area contributed by atoms with Crippen molar-refractivity contribution >= 4 is 29.3 Å². The predicted octanol–water partition coefficient (Wildman–Crippen LogP) is 2.71. The first-order valence-corrected chi connectivity index (χ1v) is 6.63. The van der Waals surface area contributed by atoms with Crippen LogP contribution in [0.2, 0.25) is 5.02 Å². The molecule has 1 aromatic rings. The smallest absolute Gasteiger partial charge is 0.233 e. The van der Waals surface area contributed by atoms with E-state index >= 15 is 0 Å². The van der Waals surface area contributed by atoms with Crippen molar-refractivity contribution < 1.29 is 4.79 Å². The second kappa shape index (κ2) is 7.26. The summed E-state index contributed by atoms with van der Waals surface area (Å²) in [6.07, 6.45) is 5.07. The number of carbonyl (C=O) groups is 1. The fourth-order valence-electron chi connectivity index (χ4n) is 1.21. The Morgan fingerprint density at radius 1 is 1.65 bits per heavy atom. The largest absolute Gasteiger partial charge is 0.344 e. The molecule has 1 atom stereocenters. The third kappa shape index (κ3) is 5.16. The number of terminal acetylenes is 1. The van der Waals surface area contributed by atoms with Crippen LogP contribution in [-0.4, -0.2) is 17.7 Å². The molecule has 1 aromatic carbocycles. The summed E-state index contributed by atoms with van der Waals surface area (Å²) in [7, 11) is 0. The molecule has 1 amide bonds. The molecular formula is C13H14ClNOS. The number of thioether (sulfide) groups is 1. The van der Waals surface area contributed by atoms with Gasteiger partial charge in [0, 0.05) is 10.8 Å². The van der Waals surface area contributed by atoms with Crippen molar-refractivity contribution in [2.75, 3.05) is 6.54 Å². The molecule has 0 saturated heterocycles. The highest BCUT2D eigenvalue weighted by Gasteiger charge is 2.12. The van der Waals surface area contributed by atoms with Gasteiger partial charge in [-0.1, -0.05) is 29.7 Å². The van der Waals surface area contributed by atoms with Gasteiger partial charge in [0.15, 0.2) is 0 Å². The van der Waals surface area contributed by atoms with Gasteiger partial charge < -0.3 is 5.32 Å². The van der Waals surface area contributed by atoms with E-state index in [1.807, 2.05) is 31.2 Å². The van der Waals surface area contributed by atoms with Crippen LogP contribution in [0.3, 0.4) is 0 Å². The fourth-order valence-corrected chi connectivity index (χ4v) is 2.28. The maximum absolute atomic E-state index is 11.5. The Hall–Kier alpha value is -1.11. The third-order valence-corrected chi connectivity index (χ3v) is 3.57. The number of nitrogens with one attached hydrogen (secondary N) is 1. The first-order chi connectivity index (χ1) is 8.13. The standard InChI is InChI=1S/C13H14ClNOS/c1-3-7-15-13(16)10(2)17-9-11-5-4-6-12(14)8-11/h1,4-6,8,10H,7,9H2,2H3,(H,15,16). The highest BCUT2D eigenvalue weighted by molar-refractivity contribution is 7.99. The molecule has 0 aliphatic rings. The van der Waals surface area contributed by atoms with E-state index in [1.54, 1.807) is 11.8 Å². The molecule has 2 nitrogen and oxygen atoms in total. The first-order valence-electron chi connectivity index (χ1n) is 5.20. The molecule has 0 aliphatic carbocycles. The van der Waals surface area contributed by atoms with Crippen LogP contribution in [0.25, 0.3) is 0 Å². The number of hydrogen-bond donors (Lipinski definition) is 1. The monoisotopic (exact) mass is 267 g/mol. The number of benzene rings is 1. The Bertz CT molecular complexity index is 428. The summed E-state index contributed by atoms with van der Waals surface area (Å²) in [5, 5.41) is 3.25. The lowest BCUT2D eigenvalue weighted by atomic mass is 10.2. The van der Waals surface area contributed by atoms with Crippen LogP contribution >= 0.6 is 23.4 Å². The zero-order chi connectivity index (χ0) is 12.7. The topological polar surface area (TPSA) is 29.1 Å². The minimum Gasteiger partial charge on any atom is -0.344 e. The van der Waals surface area contributed by atoms with Crippen LogP contribution in [-0.2, 0) is 10.5 Å². The van der Waals surface area contributed by atoms with Gasteiger partial charge in [-0.3, -0.25) is 4.79 Å². The zero-order valence-corrected chi connectivity index (χ0v) is 11.1. The molecule has 0 heterocycles. The lowest BCUT2D eigenvalue weighted by molar-refractivity contribution is -0.120. The number of rotatable bonds is 5. The molecule has 0 radical (unpaired) electrons. The highest BCUT2D eigenvalue weighted by Crippen LogP contribution is 2.20. The predicted molar refractivity (Wildman–Crippen MR) is 74.1 cm³/mol. The molecule has 1 N–H and O–H groups in total. The molecule has 1 unspecified atom stereocenters. The normalized spacial score (nSPS) is 11.6. The minimum atomic E-state index is -0.123. The van der Waals surface area contributed by atoms with Crippen molar-refractivity contribution in [2.45, 2.75) is 17.9 Å². The van der Waals surface area contributed by atoms with Crippen LogP contribution in [0, 0.1) is 12.3 Å². The van der Waals surface area contributed by atoms with Crippen LogP contribution in [0.1, 0.15) is 12.5 Å². The summed E-state index contributed by atoms with van der Waals surface area (Å²) in [6, 6.07) is 7.63. The molecule has 17 heavy (non-hydrogen) atoms. The van der Waals surface area contributed by atoms with E-state index < -0.39 is 0 Å². The van der Waals surface area contributed by atoms with E-state index in [2.05, 4.69) is 11.2 Å². The molecule has 0 aliphatic heterocycles. The Morgan fingerprint density at radius 2 is 2.41 bits per heavy atom. The average Bonchev–Trinajstić information content (AvgIpc) is 2.33. The molecule has 0 aromatic heterocycles. The molecule has 0 bridgehead atoms. The van der Waals surface area contributed by atoms with Crippen LogP contribution in [0.4, 0.5) is 0 Å². The first kappa shape index (κ1) is 14.0. The van der Waals surface area contributed by atoms with E-state index in [0.29, 0.717) is 5.02 Å². The molecule has 4 heteroatoms. The molecule has 0 fully saturated rings. The number of hydrogen-bond acceptors (Lipinski definition) is 2. The van der Waals surface area contributed by atoms with E-state index in [0.717, 1.165) is 11.3 Å². The van der Waals surface area contributed by atoms with E-state index in [4.69, 9.17) is 18.0 Å². The van der Waals surface area contributed by atoms with Gasteiger partial charge in [-0.15, -0.1) is 18.2 Å². The van der Waals surface area contributed by atoms with Gasteiger partial charge >= 0.3 is 0 Å². The van der Waals surface area contributed by atoms with Crippen molar-refractivity contribution in [3.8, 4) is 12.3 Å². The molecule has 90 valence electrons. The number of carbonyl (C=O) groups excluding carboxylic acids is 1.